The molecule has 0 radical (unpaired) electrons. The summed E-state index contributed by atoms with van der Waals surface area (Å²) in [6, 6.07) is 9.62. The molecule has 0 aliphatic rings. The molecule has 0 fully saturated rings. The molecule has 0 unspecified atom stereocenters. The smallest absolute Gasteiger partial charge is 0.335 e. The molecule has 0 saturated heterocycles. The number of fused-ring (bicyclic) bond motifs is 1. The van der Waals surface area contributed by atoms with E-state index in [1.807, 2.05) is 30.3 Å². The van der Waals surface area contributed by atoms with Crippen molar-refractivity contribution in [2.45, 2.75) is 34.0 Å². The average Bonchev–Trinajstić information content (AvgIpc) is 3.03. The quantitative estimate of drug-likeness (QED) is 0.649. The van der Waals surface area contributed by atoms with Gasteiger partial charge in [-0.05, 0) is 26.3 Å². The van der Waals surface area contributed by atoms with E-state index >= 15 is 0 Å². The third-order valence-corrected chi connectivity index (χ3v) is 4.23. The van der Waals surface area contributed by atoms with Crippen LogP contribution in [0.4, 0.5) is 0 Å². The van der Waals surface area contributed by atoms with Crippen molar-refractivity contribution >= 4 is 17.1 Å². The standard InChI is InChI=1S/C19H22N4O4/c1-19(2,3)17(25)27-12-23-15-14(16(24)21(4)18(23)26)22(11-20-15)10-13-8-6-5-7-9-13/h5-9,11H,10,12H2,1-4H3. The van der Waals surface area contributed by atoms with E-state index in [9.17, 15) is 14.4 Å². The third-order valence-electron chi connectivity index (χ3n) is 4.23. The lowest BCUT2D eigenvalue weighted by Crippen LogP contribution is -2.40. The molecular weight excluding hydrogens is 348 g/mol. The van der Waals surface area contributed by atoms with E-state index < -0.39 is 22.6 Å². The Balaban J connectivity index is 2.06. The van der Waals surface area contributed by atoms with Gasteiger partial charge in [0.1, 0.15) is 0 Å². The van der Waals surface area contributed by atoms with Crippen LogP contribution in [0.2, 0.25) is 0 Å². The SMILES string of the molecule is Cn1c(=O)c2c(ncn2Cc2ccccc2)n(COC(=O)C(C)(C)C)c1=O. The number of ether oxygens (including phenoxy) is 1. The molecule has 1 aromatic carbocycles. The number of rotatable bonds is 4. The molecule has 27 heavy (non-hydrogen) atoms. The van der Waals surface area contributed by atoms with Gasteiger partial charge in [0.05, 0.1) is 11.7 Å². The average molecular weight is 370 g/mol. The number of esters is 1. The maximum Gasteiger partial charge on any atom is 0.335 e. The fourth-order valence-electron chi connectivity index (χ4n) is 2.66. The Kier molecular flexibility index (Phi) is 4.73. The number of carbonyl (C=O) groups is 1. The van der Waals surface area contributed by atoms with Crippen molar-refractivity contribution in [2.24, 2.45) is 12.5 Å². The van der Waals surface area contributed by atoms with Gasteiger partial charge in [0.2, 0.25) is 0 Å². The highest BCUT2D eigenvalue weighted by molar-refractivity contribution is 5.75. The van der Waals surface area contributed by atoms with Crippen LogP contribution in [0, 0.1) is 5.41 Å². The van der Waals surface area contributed by atoms with E-state index in [0.29, 0.717) is 6.54 Å². The summed E-state index contributed by atoms with van der Waals surface area (Å²) >= 11 is 0. The van der Waals surface area contributed by atoms with Crippen LogP contribution in [-0.4, -0.2) is 24.7 Å². The maximum atomic E-state index is 12.7. The van der Waals surface area contributed by atoms with Crippen LogP contribution < -0.4 is 11.2 Å². The Morgan fingerprint density at radius 2 is 1.81 bits per heavy atom. The summed E-state index contributed by atoms with van der Waals surface area (Å²) in [5.41, 5.74) is -0.249. The summed E-state index contributed by atoms with van der Waals surface area (Å²) in [5.74, 6) is -0.444. The fraction of sp³-hybridized carbons (Fsp3) is 0.368. The van der Waals surface area contributed by atoms with E-state index in [1.165, 1.54) is 17.9 Å². The number of hydrogen-bond acceptors (Lipinski definition) is 5. The Hall–Kier alpha value is -3.16. The highest BCUT2D eigenvalue weighted by atomic mass is 16.5. The van der Waals surface area contributed by atoms with Crippen LogP contribution in [0.25, 0.3) is 11.2 Å². The van der Waals surface area contributed by atoms with Crippen LogP contribution in [0.1, 0.15) is 26.3 Å². The molecule has 8 heteroatoms. The third kappa shape index (κ3) is 3.55. The van der Waals surface area contributed by atoms with Crippen molar-refractivity contribution in [3.63, 3.8) is 0 Å². The molecule has 0 saturated carbocycles. The van der Waals surface area contributed by atoms with Crippen molar-refractivity contribution in [1.29, 1.82) is 0 Å². The van der Waals surface area contributed by atoms with Gasteiger partial charge >= 0.3 is 11.7 Å². The number of nitrogens with zero attached hydrogens (tertiary/aromatic N) is 4. The molecule has 0 aliphatic carbocycles. The molecule has 0 N–H and O–H groups in total. The number of benzene rings is 1. The molecule has 8 nitrogen and oxygen atoms in total. The van der Waals surface area contributed by atoms with Gasteiger partial charge in [-0.3, -0.25) is 14.2 Å². The molecule has 2 heterocycles. The minimum Gasteiger partial charge on any atom is -0.443 e. The molecule has 0 aliphatic heterocycles. The van der Waals surface area contributed by atoms with E-state index in [0.717, 1.165) is 10.1 Å². The normalized spacial score (nSPS) is 11.7. The van der Waals surface area contributed by atoms with Gasteiger partial charge in [-0.15, -0.1) is 0 Å². The molecule has 0 atom stereocenters. The van der Waals surface area contributed by atoms with Crippen molar-refractivity contribution in [2.75, 3.05) is 0 Å². The lowest BCUT2D eigenvalue weighted by Gasteiger charge is -2.17. The van der Waals surface area contributed by atoms with Gasteiger partial charge in [-0.25, -0.2) is 14.3 Å². The van der Waals surface area contributed by atoms with Crippen molar-refractivity contribution in [3.05, 3.63) is 63.1 Å². The first kappa shape index (κ1) is 18.6. The monoisotopic (exact) mass is 370 g/mol. The molecule has 0 amide bonds. The summed E-state index contributed by atoms with van der Waals surface area (Å²) in [4.78, 5) is 41.5. The van der Waals surface area contributed by atoms with Gasteiger partial charge in [0, 0.05) is 13.6 Å². The zero-order chi connectivity index (χ0) is 19.8. The van der Waals surface area contributed by atoms with Crippen molar-refractivity contribution < 1.29 is 9.53 Å². The van der Waals surface area contributed by atoms with Crippen molar-refractivity contribution in [3.8, 4) is 0 Å². The minimum absolute atomic E-state index is 0.195. The first-order valence-corrected chi connectivity index (χ1v) is 8.56. The maximum absolute atomic E-state index is 12.7. The Morgan fingerprint density at radius 1 is 1.15 bits per heavy atom. The number of carbonyl (C=O) groups excluding carboxylic acids is 1. The lowest BCUT2D eigenvalue weighted by atomic mass is 9.98. The van der Waals surface area contributed by atoms with Gasteiger partial charge in [-0.1, -0.05) is 30.3 Å². The largest absolute Gasteiger partial charge is 0.443 e. The van der Waals surface area contributed by atoms with Crippen LogP contribution in [-0.2, 0) is 29.9 Å². The predicted molar refractivity (Wildman–Crippen MR) is 100 cm³/mol. The van der Waals surface area contributed by atoms with Crippen LogP contribution in [0.5, 0.6) is 0 Å². The summed E-state index contributed by atoms with van der Waals surface area (Å²) in [5, 5.41) is 0. The second-order valence-corrected chi connectivity index (χ2v) is 7.42. The second kappa shape index (κ2) is 6.86. The number of hydrogen-bond donors (Lipinski definition) is 0. The Morgan fingerprint density at radius 3 is 2.44 bits per heavy atom. The van der Waals surface area contributed by atoms with Crippen molar-refractivity contribution in [1.82, 2.24) is 18.7 Å². The number of aromatic nitrogens is 4. The van der Waals surface area contributed by atoms with Gasteiger partial charge in [-0.2, -0.15) is 0 Å². The molecule has 142 valence electrons. The molecule has 3 rings (SSSR count). The highest BCUT2D eigenvalue weighted by Crippen LogP contribution is 2.16. The van der Waals surface area contributed by atoms with Gasteiger partial charge < -0.3 is 9.30 Å². The summed E-state index contributed by atoms with van der Waals surface area (Å²) in [6.07, 6.45) is 1.51. The van der Waals surface area contributed by atoms with E-state index in [4.69, 9.17) is 4.74 Å². The van der Waals surface area contributed by atoms with Crippen LogP contribution >= 0.6 is 0 Å². The Bertz CT molecular complexity index is 1100. The fourth-order valence-corrected chi connectivity index (χ4v) is 2.66. The summed E-state index contributed by atoms with van der Waals surface area (Å²) in [6.45, 7) is 5.31. The zero-order valence-corrected chi connectivity index (χ0v) is 15.8. The molecule has 2 aromatic heterocycles. The lowest BCUT2D eigenvalue weighted by molar-refractivity contribution is -0.156. The van der Waals surface area contributed by atoms with Crippen LogP contribution in [0.15, 0.2) is 46.2 Å². The Labute approximate surface area is 155 Å². The second-order valence-electron chi connectivity index (χ2n) is 7.42. The van der Waals surface area contributed by atoms with E-state index in [1.54, 1.807) is 25.3 Å². The molecular formula is C19H22N4O4. The van der Waals surface area contributed by atoms with Crippen LogP contribution in [0.3, 0.4) is 0 Å². The minimum atomic E-state index is -0.698. The number of imidazole rings is 1. The first-order chi connectivity index (χ1) is 12.7. The summed E-state index contributed by atoms with van der Waals surface area (Å²) < 4.78 is 9.15. The molecule has 0 bridgehead atoms. The summed E-state index contributed by atoms with van der Waals surface area (Å²) in [7, 11) is 1.39. The predicted octanol–water partition coefficient (Wildman–Crippen LogP) is 1.49. The zero-order valence-electron chi connectivity index (χ0n) is 15.8. The molecule has 3 aromatic rings. The van der Waals surface area contributed by atoms with Gasteiger partial charge in [0.15, 0.2) is 17.9 Å². The highest BCUT2D eigenvalue weighted by Gasteiger charge is 2.24. The topological polar surface area (TPSA) is 88.1 Å². The first-order valence-electron chi connectivity index (χ1n) is 8.56. The van der Waals surface area contributed by atoms with Gasteiger partial charge in [0.25, 0.3) is 5.56 Å². The van der Waals surface area contributed by atoms with E-state index in [-0.39, 0.29) is 17.9 Å². The van der Waals surface area contributed by atoms with E-state index in [2.05, 4.69) is 4.98 Å². The molecule has 0 spiro atoms.